The number of nitriles is 1. The Balaban J connectivity index is 3.06. The zero-order valence-electron chi connectivity index (χ0n) is 9.93. The van der Waals surface area contributed by atoms with E-state index >= 15 is 0 Å². The summed E-state index contributed by atoms with van der Waals surface area (Å²) in [5.41, 5.74) is 7.26. The van der Waals surface area contributed by atoms with Crippen molar-refractivity contribution < 1.29 is 9.53 Å². The van der Waals surface area contributed by atoms with E-state index in [-0.39, 0.29) is 0 Å². The first kappa shape index (κ1) is 12.8. The Morgan fingerprint density at radius 1 is 1.59 bits per heavy atom. The number of nitrogens with two attached hydrogens (primary N) is 1. The lowest BCUT2D eigenvalue weighted by Crippen LogP contribution is -2.21. The number of ether oxygens (including phenoxy) is 1. The highest BCUT2D eigenvalue weighted by molar-refractivity contribution is 5.96. The van der Waals surface area contributed by atoms with Crippen molar-refractivity contribution in [3.63, 3.8) is 0 Å². The molecule has 1 rings (SSSR count). The van der Waals surface area contributed by atoms with Crippen molar-refractivity contribution in [3.05, 3.63) is 23.8 Å². The minimum Gasteiger partial charge on any atom is -0.465 e. The highest BCUT2D eigenvalue weighted by atomic mass is 16.5. The van der Waals surface area contributed by atoms with Crippen LogP contribution in [0.3, 0.4) is 0 Å². The number of carbonyl (C=O) groups excluding carboxylic acids is 1. The Hall–Kier alpha value is -2.22. The summed E-state index contributed by atoms with van der Waals surface area (Å²) in [5, 5.41) is 8.54. The largest absolute Gasteiger partial charge is 0.465 e. The number of nitrogens with zero attached hydrogens (tertiary/aromatic N) is 2. The molecule has 90 valence electrons. The van der Waals surface area contributed by atoms with E-state index in [1.807, 2.05) is 11.9 Å². The SMILES string of the molecule is COC(=O)c1cc(N)ccc1N(C)CCC#N. The lowest BCUT2D eigenvalue weighted by molar-refractivity contribution is 0.0601. The minimum absolute atomic E-state index is 0.390. The Morgan fingerprint density at radius 2 is 2.29 bits per heavy atom. The molecule has 0 saturated heterocycles. The zero-order chi connectivity index (χ0) is 12.8. The van der Waals surface area contributed by atoms with Gasteiger partial charge in [-0.2, -0.15) is 5.26 Å². The number of carbonyl (C=O) groups is 1. The molecule has 0 amide bonds. The summed E-state index contributed by atoms with van der Waals surface area (Å²) in [4.78, 5) is 13.4. The number of anilines is 2. The molecule has 17 heavy (non-hydrogen) atoms. The second kappa shape index (κ2) is 5.75. The fourth-order valence-corrected chi connectivity index (χ4v) is 1.50. The number of benzene rings is 1. The monoisotopic (exact) mass is 233 g/mol. The van der Waals surface area contributed by atoms with Gasteiger partial charge in [0.2, 0.25) is 0 Å². The summed E-state index contributed by atoms with van der Waals surface area (Å²) in [6, 6.07) is 7.10. The van der Waals surface area contributed by atoms with Gasteiger partial charge in [0.15, 0.2) is 0 Å². The molecular formula is C12H15N3O2. The predicted octanol–water partition coefficient (Wildman–Crippen LogP) is 1.41. The Bertz CT molecular complexity index is 452. The molecular weight excluding hydrogens is 218 g/mol. The third-order valence-electron chi connectivity index (χ3n) is 2.40. The van der Waals surface area contributed by atoms with Crippen molar-refractivity contribution in [2.75, 3.05) is 31.3 Å². The molecule has 0 aliphatic carbocycles. The van der Waals surface area contributed by atoms with Gasteiger partial charge < -0.3 is 15.4 Å². The molecule has 0 atom stereocenters. The molecule has 0 aliphatic heterocycles. The molecule has 2 N–H and O–H groups in total. The van der Waals surface area contributed by atoms with Gasteiger partial charge in [0, 0.05) is 19.3 Å². The van der Waals surface area contributed by atoms with Crippen LogP contribution in [0.25, 0.3) is 0 Å². The van der Waals surface area contributed by atoms with E-state index in [0.717, 1.165) is 0 Å². The number of hydrogen-bond acceptors (Lipinski definition) is 5. The van der Waals surface area contributed by atoms with E-state index in [4.69, 9.17) is 15.7 Å². The molecule has 5 heteroatoms. The number of nitrogen functional groups attached to an aromatic ring is 1. The first-order valence-corrected chi connectivity index (χ1v) is 5.16. The van der Waals surface area contributed by atoms with Crippen molar-refractivity contribution in [1.29, 1.82) is 5.26 Å². The van der Waals surface area contributed by atoms with Gasteiger partial charge in [0.05, 0.1) is 30.9 Å². The van der Waals surface area contributed by atoms with Crippen molar-refractivity contribution >= 4 is 17.3 Å². The summed E-state index contributed by atoms with van der Waals surface area (Å²) < 4.78 is 4.70. The quantitative estimate of drug-likeness (QED) is 0.628. The lowest BCUT2D eigenvalue weighted by Gasteiger charge is -2.20. The molecule has 0 aliphatic rings. The van der Waals surface area contributed by atoms with Crippen LogP contribution in [-0.2, 0) is 4.74 Å². The highest BCUT2D eigenvalue weighted by Gasteiger charge is 2.15. The molecule has 0 radical (unpaired) electrons. The van der Waals surface area contributed by atoms with Crippen LogP contribution in [0.2, 0.25) is 0 Å². The highest BCUT2D eigenvalue weighted by Crippen LogP contribution is 2.23. The molecule has 0 unspecified atom stereocenters. The van der Waals surface area contributed by atoms with E-state index in [2.05, 4.69) is 6.07 Å². The van der Waals surface area contributed by atoms with Crippen molar-refractivity contribution in [3.8, 4) is 6.07 Å². The van der Waals surface area contributed by atoms with Gasteiger partial charge in [-0.15, -0.1) is 0 Å². The van der Waals surface area contributed by atoms with E-state index in [1.165, 1.54) is 7.11 Å². The summed E-state index contributed by atoms with van der Waals surface area (Å²) in [6.07, 6.45) is 0.390. The maximum Gasteiger partial charge on any atom is 0.340 e. The van der Waals surface area contributed by atoms with Crippen LogP contribution in [0.1, 0.15) is 16.8 Å². The van der Waals surface area contributed by atoms with Crippen molar-refractivity contribution in [1.82, 2.24) is 0 Å². The van der Waals surface area contributed by atoms with E-state index in [9.17, 15) is 4.79 Å². The average Bonchev–Trinajstić information content (AvgIpc) is 2.34. The first-order chi connectivity index (χ1) is 8.10. The van der Waals surface area contributed by atoms with Crippen LogP contribution in [0, 0.1) is 11.3 Å². The standard InChI is InChI=1S/C12H15N3O2/c1-15(7-3-6-13)11-5-4-9(14)8-10(11)12(16)17-2/h4-5,8H,3,7,14H2,1-2H3. The molecule has 5 nitrogen and oxygen atoms in total. The lowest BCUT2D eigenvalue weighted by atomic mass is 10.1. The normalized spacial score (nSPS) is 9.47. The third kappa shape index (κ3) is 3.11. The van der Waals surface area contributed by atoms with E-state index in [0.29, 0.717) is 29.9 Å². The number of methoxy groups -OCH3 is 1. The smallest absolute Gasteiger partial charge is 0.340 e. The van der Waals surface area contributed by atoms with Gasteiger partial charge in [-0.3, -0.25) is 0 Å². The summed E-state index contributed by atoms with van der Waals surface area (Å²) in [6.45, 7) is 0.546. The van der Waals surface area contributed by atoms with E-state index < -0.39 is 5.97 Å². The molecule has 0 saturated carbocycles. The Labute approximate surface area is 100 Å². The maximum atomic E-state index is 11.6. The van der Waals surface area contributed by atoms with Crippen LogP contribution in [0.5, 0.6) is 0 Å². The van der Waals surface area contributed by atoms with Crippen LogP contribution >= 0.6 is 0 Å². The van der Waals surface area contributed by atoms with Crippen LogP contribution in [-0.4, -0.2) is 26.7 Å². The van der Waals surface area contributed by atoms with Gasteiger partial charge in [-0.25, -0.2) is 4.79 Å². The van der Waals surface area contributed by atoms with Crippen LogP contribution in [0.15, 0.2) is 18.2 Å². The van der Waals surface area contributed by atoms with Gasteiger partial charge in [0.25, 0.3) is 0 Å². The Morgan fingerprint density at radius 3 is 2.88 bits per heavy atom. The number of esters is 1. The fourth-order valence-electron chi connectivity index (χ4n) is 1.50. The topological polar surface area (TPSA) is 79.3 Å². The Kier molecular flexibility index (Phi) is 4.35. The molecule has 1 aromatic rings. The summed E-state index contributed by atoms with van der Waals surface area (Å²) in [7, 11) is 3.14. The third-order valence-corrected chi connectivity index (χ3v) is 2.40. The molecule has 0 aromatic heterocycles. The molecule has 0 bridgehead atoms. The second-order valence-corrected chi connectivity index (χ2v) is 3.60. The second-order valence-electron chi connectivity index (χ2n) is 3.60. The molecule has 1 aromatic carbocycles. The molecule has 0 spiro atoms. The van der Waals surface area contributed by atoms with Crippen LogP contribution < -0.4 is 10.6 Å². The molecule has 0 heterocycles. The van der Waals surface area contributed by atoms with E-state index in [1.54, 1.807) is 18.2 Å². The van der Waals surface area contributed by atoms with Crippen molar-refractivity contribution in [2.24, 2.45) is 0 Å². The van der Waals surface area contributed by atoms with Gasteiger partial charge in [-0.05, 0) is 18.2 Å². The van der Waals surface area contributed by atoms with Gasteiger partial charge in [0.1, 0.15) is 0 Å². The number of rotatable bonds is 4. The van der Waals surface area contributed by atoms with Crippen LogP contribution in [0.4, 0.5) is 11.4 Å². The first-order valence-electron chi connectivity index (χ1n) is 5.16. The summed E-state index contributed by atoms with van der Waals surface area (Å²) in [5.74, 6) is -0.434. The molecule has 0 fully saturated rings. The zero-order valence-corrected chi connectivity index (χ0v) is 9.93. The number of hydrogen-bond donors (Lipinski definition) is 1. The average molecular weight is 233 g/mol. The van der Waals surface area contributed by atoms with Gasteiger partial charge in [-0.1, -0.05) is 0 Å². The van der Waals surface area contributed by atoms with Crippen molar-refractivity contribution in [2.45, 2.75) is 6.42 Å². The van der Waals surface area contributed by atoms with Gasteiger partial charge >= 0.3 is 5.97 Å². The maximum absolute atomic E-state index is 11.6. The minimum atomic E-state index is -0.434. The predicted molar refractivity (Wildman–Crippen MR) is 65.7 cm³/mol. The fraction of sp³-hybridized carbons (Fsp3) is 0.333. The summed E-state index contributed by atoms with van der Waals surface area (Å²) >= 11 is 0.